The highest BCUT2D eigenvalue weighted by atomic mass is 35.5. The third-order valence-electron chi connectivity index (χ3n) is 5.90. The summed E-state index contributed by atoms with van der Waals surface area (Å²) in [6, 6.07) is 5.72. The molecule has 0 atom stereocenters. The minimum atomic E-state index is -0.0926. The number of amides is 3. The van der Waals surface area contributed by atoms with E-state index in [0.29, 0.717) is 31.0 Å². The molecule has 1 aromatic rings. The first-order valence-electron chi connectivity index (χ1n) is 10.4. The predicted octanol–water partition coefficient (Wildman–Crippen LogP) is 2.81. The number of urea groups is 1. The molecule has 0 spiro atoms. The fraction of sp³-hybridized carbons (Fsp3) is 0.619. The second-order valence-electron chi connectivity index (χ2n) is 8.01. The molecule has 2 saturated heterocycles. The Morgan fingerprint density at radius 2 is 1.76 bits per heavy atom. The van der Waals surface area contributed by atoms with Gasteiger partial charge < -0.3 is 24.9 Å². The summed E-state index contributed by atoms with van der Waals surface area (Å²) in [7, 11) is 3.50. The third-order valence-corrected chi connectivity index (χ3v) is 6.13. The minimum absolute atomic E-state index is 0.00667. The Kier molecular flexibility index (Phi) is 7.24. The topological polar surface area (TPSA) is 59.1 Å². The van der Waals surface area contributed by atoms with E-state index in [9.17, 15) is 9.59 Å². The molecule has 0 bridgehead atoms. The van der Waals surface area contributed by atoms with E-state index < -0.39 is 0 Å². The van der Waals surface area contributed by atoms with E-state index in [2.05, 4.69) is 22.0 Å². The van der Waals surface area contributed by atoms with Crippen LogP contribution in [-0.4, -0.2) is 86.5 Å². The normalized spacial score (nSPS) is 18.6. The van der Waals surface area contributed by atoms with Gasteiger partial charge in [-0.3, -0.25) is 4.79 Å². The van der Waals surface area contributed by atoms with E-state index in [-0.39, 0.29) is 17.9 Å². The molecule has 160 valence electrons. The Hall–Kier alpha value is -1.99. The lowest BCUT2D eigenvalue weighted by atomic mass is 9.96. The summed E-state index contributed by atoms with van der Waals surface area (Å²) in [5.74, 6) is -0.0809. The van der Waals surface area contributed by atoms with E-state index in [4.69, 9.17) is 11.6 Å². The molecule has 0 unspecified atom stereocenters. The highest BCUT2D eigenvalue weighted by Gasteiger charge is 2.29. The van der Waals surface area contributed by atoms with Crippen LogP contribution in [0, 0.1) is 5.92 Å². The van der Waals surface area contributed by atoms with Gasteiger partial charge in [-0.1, -0.05) is 18.5 Å². The number of hydrogen-bond donors (Lipinski definition) is 1. The van der Waals surface area contributed by atoms with Gasteiger partial charge in [-0.25, -0.2) is 4.79 Å². The summed E-state index contributed by atoms with van der Waals surface area (Å²) in [5, 5.41) is 3.73. The van der Waals surface area contributed by atoms with Crippen LogP contribution >= 0.6 is 11.6 Å². The quantitative estimate of drug-likeness (QED) is 0.812. The molecule has 1 aromatic carbocycles. The van der Waals surface area contributed by atoms with Gasteiger partial charge in [0.15, 0.2) is 0 Å². The molecule has 0 aromatic heterocycles. The lowest BCUT2D eigenvalue weighted by molar-refractivity contribution is -0.121. The number of likely N-dealkylation sites (tertiary alicyclic amines) is 1. The SMILES string of the molecule is CCN1CCN(c2ccc(Cl)cc2NC(=O)C2CCN(C(=O)N(C)C)CC2)CC1. The van der Waals surface area contributed by atoms with Crippen molar-refractivity contribution in [1.82, 2.24) is 14.7 Å². The lowest BCUT2D eigenvalue weighted by Gasteiger charge is -2.37. The Bertz CT molecular complexity index is 726. The number of rotatable bonds is 4. The molecule has 2 heterocycles. The van der Waals surface area contributed by atoms with Crippen LogP contribution in [0.15, 0.2) is 18.2 Å². The van der Waals surface area contributed by atoms with E-state index in [1.807, 2.05) is 23.1 Å². The largest absolute Gasteiger partial charge is 0.367 e. The highest BCUT2D eigenvalue weighted by Crippen LogP contribution is 2.31. The summed E-state index contributed by atoms with van der Waals surface area (Å²) in [6.45, 7) is 8.36. The van der Waals surface area contributed by atoms with Crippen molar-refractivity contribution in [2.24, 2.45) is 5.92 Å². The van der Waals surface area contributed by atoms with E-state index in [1.54, 1.807) is 19.0 Å². The molecule has 2 aliphatic rings. The fourth-order valence-corrected chi connectivity index (χ4v) is 4.21. The average Bonchev–Trinajstić information content (AvgIpc) is 2.73. The maximum absolute atomic E-state index is 12.9. The van der Waals surface area contributed by atoms with Crippen LogP contribution in [-0.2, 0) is 4.79 Å². The van der Waals surface area contributed by atoms with Gasteiger partial charge in [0.2, 0.25) is 5.91 Å². The van der Waals surface area contributed by atoms with Crippen LogP contribution in [0.5, 0.6) is 0 Å². The van der Waals surface area contributed by atoms with Crippen molar-refractivity contribution in [3.05, 3.63) is 23.2 Å². The maximum Gasteiger partial charge on any atom is 0.319 e. The number of piperazine rings is 1. The molecule has 0 saturated carbocycles. The van der Waals surface area contributed by atoms with Crippen LogP contribution in [0.4, 0.5) is 16.2 Å². The predicted molar refractivity (Wildman–Crippen MR) is 118 cm³/mol. The summed E-state index contributed by atoms with van der Waals surface area (Å²) >= 11 is 6.23. The van der Waals surface area contributed by atoms with Gasteiger partial charge >= 0.3 is 6.03 Å². The fourth-order valence-electron chi connectivity index (χ4n) is 4.04. The summed E-state index contributed by atoms with van der Waals surface area (Å²) in [6.07, 6.45) is 1.35. The second-order valence-corrected chi connectivity index (χ2v) is 8.45. The van der Waals surface area contributed by atoms with E-state index >= 15 is 0 Å². The van der Waals surface area contributed by atoms with Crippen molar-refractivity contribution in [1.29, 1.82) is 0 Å². The van der Waals surface area contributed by atoms with Gasteiger partial charge in [-0.05, 0) is 37.6 Å². The number of carbonyl (C=O) groups excluding carboxylic acids is 2. The monoisotopic (exact) mass is 421 g/mol. The average molecular weight is 422 g/mol. The second kappa shape index (κ2) is 9.67. The molecule has 2 aliphatic heterocycles. The third kappa shape index (κ3) is 5.34. The van der Waals surface area contributed by atoms with Gasteiger partial charge in [-0.2, -0.15) is 0 Å². The van der Waals surface area contributed by atoms with Gasteiger partial charge in [-0.15, -0.1) is 0 Å². The highest BCUT2D eigenvalue weighted by molar-refractivity contribution is 6.31. The Morgan fingerprint density at radius 3 is 2.34 bits per heavy atom. The number of carbonyl (C=O) groups is 2. The van der Waals surface area contributed by atoms with Crippen LogP contribution in [0.3, 0.4) is 0 Å². The Balaban J connectivity index is 1.63. The zero-order valence-electron chi connectivity index (χ0n) is 17.7. The molecule has 2 fully saturated rings. The summed E-state index contributed by atoms with van der Waals surface area (Å²) < 4.78 is 0. The Morgan fingerprint density at radius 1 is 1.10 bits per heavy atom. The molecule has 1 N–H and O–H groups in total. The summed E-state index contributed by atoms with van der Waals surface area (Å²) in [4.78, 5) is 33.2. The number of halogens is 1. The molecule has 3 rings (SSSR count). The number of piperidine rings is 1. The van der Waals surface area contributed by atoms with Gasteiger partial charge in [0.1, 0.15) is 0 Å². The van der Waals surface area contributed by atoms with Gasteiger partial charge in [0, 0.05) is 64.3 Å². The zero-order chi connectivity index (χ0) is 21.0. The number of nitrogens with zero attached hydrogens (tertiary/aromatic N) is 4. The van der Waals surface area contributed by atoms with E-state index in [0.717, 1.165) is 44.1 Å². The molecule has 7 nitrogen and oxygen atoms in total. The van der Waals surface area contributed by atoms with Gasteiger partial charge in [0.25, 0.3) is 0 Å². The zero-order valence-corrected chi connectivity index (χ0v) is 18.4. The smallest absolute Gasteiger partial charge is 0.319 e. The van der Waals surface area contributed by atoms with Crippen molar-refractivity contribution in [3.63, 3.8) is 0 Å². The number of anilines is 2. The molecular weight excluding hydrogens is 390 g/mol. The van der Waals surface area contributed by atoms with Crippen molar-refractivity contribution < 1.29 is 9.59 Å². The number of benzene rings is 1. The first-order chi connectivity index (χ1) is 13.9. The van der Waals surface area contributed by atoms with Crippen molar-refractivity contribution in [3.8, 4) is 0 Å². The first kappa shape index (κ1) is 21.7. The lowest BCUT2D eigenvalue weighted by Crippen LogP contribution is -2.46. The first-order valence-corrected chi connectivity index (χ1v) is 10.8. The van der Waals surface area contributed by atoms with E-state index in [1.165, 1.54) is 0 Å². The molecule has 8 heteroatoms. The van der Waals surface area contributed by atoms with Crippen LogP contribution in [0.1, 0.15) is 19.8 Å². The number of nitrogens with one attached hydrogen (secondary N) is 1. The molecule has 3 amide bonds. The van der Waals surface area contributed by atoms with Crippen molar-refractivity contribution in [2.45, 2.75) is 19.8 Å². The number of hydrogen-bond acceptors (Lipinski definition) is 4. The van der Waals surface area contributed by atoms with Crippen LogP contribution in [0.2, 0.25) is 5.02 Å². The number of likely N-dealkylation sites (N-methyl/N-ethyl adjacent to an activating group) is 1. The van der Waals surface area contributed by atoms with Gasteiger partial charge in [0.05, 0.1) is 11.4 Å². The molecule has 0 aliphatic carbocycles. The molecule has 0 radical (unpaired) electrons. The van der Waals surface area contributed by atoms with Crippen molar-refractivity contribution >= 4 is 34.9 Å². The molecule has 29 heavy (non-hydrogen) atoms. The molecular formula is C21H32ClN5O2. The maximum atomic E-state index is 12.9. The summed E-state index contributed by atoms with van der Waals surface area (Å²) in [5.41, 5.74) is 1.80. The van der Waals surface area contributed by atoms with Crippen LogP contribution in [0.25, 0.3) is 0 Å². The standard InChI is InChI=1S/C21H32ClN5O2/c1-4-25-11-13-26(14-12-25)19-6-5-17(22)15-18(19)23-20(28)16-7-9-27(10-8-16)21(29)24(2)3/h5-6,15-16H,4,7-14H2,1-3H3,(H,23,28). The van der Waals surface area contributed by atoms with Crippen molar-refractivity contribution in [2.75, 3.05) is 70.1 Å². The van der Waals surface area contributed by atoms with Crippen LogP contribution < -0.4 is 10.2 Å². The Labute approximate surface area is 178 Å². The minimum Gasteiger partial charge on any atom is -0.367 e.